The molecule has 2 aliphatic rings. The predicted molar refractivity (Wildman–Crippen MR) is 110 cm³/mol. The van der Waals surface area contributed by atoms with Gasteiger partial charge in [-0.15, -0.1) is 0 Å². The summed E-state index contributed by atoms with van der Waals surface area (Å²) in [6.45, 7) is 0. The Balaban J connectivity index is 1.59. The van der Waals surface area contributed by atoms with Crippen molar-refractivity contribution in [3.05, 3.63) is 51.3 Å². The number of rotatable bonds is 4. The van der Waals surface area contributed by atoms with Crippen molar-refractivity contribution in [2.24, 2.45) is 12.2 Å². The Kier molecular flexibility index (Phi) is 5.45. The van der Waals surface area contributed by atoms with Gasteiger partial charge in [0.05, 0.1) is 24.0 Å². The zero-order chi connectivity index (χ0) is 23.5. The highest BCUT2D eigenvalue weighted by Crippen LogP contribution is 2.49. The van der Waals surface area contributed by atoms with Gasteiger partial charge in [0.15, 0.2) is 9.84 Å². The van der Waals surface area contributed by atoms with Crippen LogP contribution in [0.5, 0.6) is 0 Å². The lowest BCUT2D eigenvalue weighted by molar-refractivity contribution is -0.275. The monoisotopic (exact) mass is 510 g/mol. The number of carbonyl (C=O) groups excluding carboxylic acids is 1. The Hall–Kier alpha value is -2.31. The van der Waals surface area contributed by atoms with E-state index in [1.54, 1.807) is 0 Å². The quantitative estimate of drug-likeness (QED) is 0.681. The molecule has 8 nitrogen and oxygen atoms in total. The predicted octanol–water partition coefficient (Wildman–Crippen LogP) is 2.84. The number of hydrogen-bond acceptors (Lipinski definition) is 6. The maximum atomic E-state index is 14.1. The summed E-state index contributed by atoms with van der Waals surface area (Å²) in [7, 11) is -1.70. The molecule has 1 fully saturated rings. The molecule has 172 valence electrons. The molecule has 0 spiro atoms. The van der Waals surface area contributed by atoms with E-state index in [9.17, 15) is 26.4 Å². The largest absolute Gasteiger partial charge is 0.435 e. The van der Waals surface area contributed by atoms with Crippen LogP contribution in [0.15, 0.2) is 29.4 Å². The third-order valence-corrected chi connectivity index (χ3v) is 7.43. The molecule has 4 rings (SSSR count). The minimum absolute atomic E-state index is 0.00276. The minimum atomic E-state index is -4.86. The van der Waals surface area contributed by atoms with Crippen LogP contribution in [-0.4, -0.2) is 53.5 Å². The molecule has 3 heterocycles. The fraction of sp³-hybridized carbons (Fsp3) is 0.389. The Morgan fingerprint density at radius 3 is 2.41 bits per heavy atom. The normalized spacial score (nSPS) is 22.8. The van der Waals surface area contributed by atoms with Gasteiger partial charge in [0.2, 0.25) is 0 Å². The van der Waals surface area contributed by atoms with Crippen LogP contribution < -0.4 is 5.32 Å². The summed E-state index contributed by atoms with van der Waals surface area (Å²) < 4.78 is 66.0. The number of aromatic nitrogens is 2. The number of nitrogens with zero attached hydrogens (tertiary/aromatic N) is 3. The number of benzene rings is 1. The Bertz CT molecular complexity index is 1210. The van der Waals surface area contributed by atoms with E-state index in [1.165, 1.54) is 23.9 Å². The maximum absolute atomic E-state index is 14.1. The second kappa shape index (κ2) is 7.63. The number of aryl methyl sites for hydroxylation is 1. The summed E-state index contributed by atoms with van der Waals surface area (Å²) >= 11 is 11.8. The first-order chi connectivity index (χ1) is 14.8. The highest BCUT2D eigenvalue weighted by atomic mass is 35.5. The van der Waals surface area contributed by atoms with Gasteiger partial charge in [-0.25, -0.2) is 8.42 Å². The molecule has 32 heavy (non-hydrogen) atoms. The molecular formula is C18H15Cl2F3N4O4S. The molecule has 1 N–H and O–H groups in total. The second-order valence-corrected chi connectivity index (χ2v) is 10.6. The van der Waals surface area contributed by atoms with Crippen LogP contribution in [0, 0.1) is 0 Å². The summed E-state index contributed by atoms with van der Waals surface area (Å²) in [6.07, 6.45) is -5.58. The molecule has 1 atom stereocenters. The first-order valence-corrected chi connectivity index (χ1v) is 11.7. The molecule has 0 radical (unpaired) electrons. The maximum Gasteiger partial charge on any atom is 0.435 e. The van der Waals surface area contributed by atoms with Crippen LogP contribution in [0.3, 0.4) is 0 Å². The third-order valence-electron chi connectivity index (χ3n) is 5.17. The summed E-state index contributed by atoms with van der Waals surface area (Å²) in [5.41, 5.74) is -3.22. The van der Waals surface area contributed by atoms with Gasteiger partial charge in [-0.1, -0.05) is 28.4 Å². The van der Waals surface area contributed by atoms with E-state index in [2.05, 4.69) is 15.6 Å². The minimum Gasteiger partial charge on any atom is -0.374 e. The molecule has 1 aromatic carbocycles. The van der Waals surface area contributed by atoms with E-state index in [0.717, 1.165) is 12.1 Å². The van der Waals surface area contributed by atoms with E-state index in [-0.39, 0.29) is 44.2 Å². The fourth-order valence-electron chi connectivity index (χ4n) is 3.56. The van der Waals surface area contributed by atoms with Crippen LogP contribution >= 0.6 is 23.2 Å². The Labute approximate surface area is 190 Å². The van der Waals surface area contributed by atoms with Crippen LogP contribution in [0.4, 0.5) is 13.2 Å². The number of sulfone groups is 1. The van der Waals surface area contributed by atoms with Crippen molar-refractivity contribution in [2.75, 3.05) is 11.5 Å². The molecule has 0 bridgehead atoms. The van der Waals surface area contributed by atoms with Crippen LogP contribution in [-0.2, 0) is 27.3 Å². The lowest BCUT2D eigenvalue weighted by atomic mass is 9.87. The van der Waals surface area contributed by atoms with E-state index in [0.29, 0.717) is 0 Å². The summed E-state index contributed by atoms with van der Waals surface area (Å²) in [4.78, 5) is 17.4. The highest BCUT2D eigenvalue weighted by Gasteiger charge is 2.62. The standard InChI is InChI=1S/C18H15Cl2F3N4O4S/c1-27-15(16(28)24-12-7-32(29,30)8-12)5-13(25-27)14-6-17(31-26-14,18(21,22)23)9-2-10(19)4-11(20)3-9/h2-5,12H,6-8H2,1H3,(H,24,28). The fourth-order valence-corrected chi connectivity index (χ4v) is 5.38. The molecule has 1 unspecified atom stereocenters. The second-order valence-electron chi connectivity index (χ2n) is 7.57. The smallest absolute Gasteiger partial charge is 0.374 e. The SMILES string of the molecule is Cn1nc(C2=NOC(c3cc(Cl)cc(Cl)c3)(C(F)(F)F)C2)cc1C(=O)NC1CS(=O)(=O)C1. The van der Waals surface area contributed by atoms with Gasteiger partial charge >= 0.3 is 6.18 Å². The van der Waals surface area contributed by atoms with E-state index in [4.69, 9.17) is 28.0 Å². The molecule has 1 amide bonds. The van der Waals surface area contributed by atoms with Crippen LogP contribution in [0.1, 0.15) is 28.2 Å². The van der Waals surface area contributed by atoms with Crippen LogP contribution in [0.2, 0.25) is 10.0 Å². The molecule has 1 saturated heterocycles. The van der Waals surface area contributed by atoms with Crippen molar-refractivity contribution in [1.29, 1.82) is 0 Å². The van der Waals surface area contributed by atoms with Crippen molar-refractivity contribution in [2.45, 2.75) is 24.2 Å². The van der Waals surface area contributed by atoms with Crippen molar-refractivity contribution in [3.63, 3.8) is 0 Å². The van der Waals surface area contributed by atoms with Gasteiger partial charge in [-0.3, -0.25) is 9.48 Å². The zero-order valence-corrected chi connectivity index (χ0v) is 18.6. The Morgan fingerprint density at radius 1 is 1.22 bits per heavy atom. The summed E-state index contributed by atoms with van der Waals surface area (Å²) in [5, 5.41) is 10.2. The van der Waals surface area contributed by atoms with Gasteiger partial charge in [0.1, 0.15) is 17.1 Å². The zero-order valence-electron chi connectivity index (χ0n) is 16.3. The number of halogens is 5. The molecule has 0 saturated carbocycles. The number of nitrogens with one attached hydrogen (secondary N) is 1. The number of hydrogen-bond donors (Lipinski definition) is 1. The van der Waals surface area contributed by atoms with Crippen molar-refractivity contribution < 1.29 is 31.2 Å². The number of alkyl halides is 3. The van der Waals surface area contributed by atoms with Gasteiger partial charge in [0, 0.05) is 22.7 Å². The number of amides is 1. The molecular weight excluding hydrogens is 496 g/mol. The first kappa shape index (κ1) is 22.9. The van der Waals surface area contributed by atoms with Crippen molar-refractivity contribution >= 4 is 44.7 Å². The topological polar surface area (TPSA) is 103 Å². The average molecular weight is 511 g/mol. The van der Waals surface area contributed by atoms with Gasteiger partial charge in [-0.2, -0.15) is 18.3 Å². The van der Waals surface area contributed by atoms with Gasteiger partial charge in [0.25, 0.3) is 11.5 Å². The average Bonchev–Trinajstić information content (AvgIpc) is 3.23. The highest BCUT2D eigenvalue weighted by molar-refractivity contribution is 7.92. The van der Waals surface area contributed by atoms with E-state index >= 15 is 0 Å². The first-order valence-electron chi connectivity index (χ1n) is 9.14. The summed E-state index contributed by atoms with van der Waals surface area (Å²) in [6, 6.07) is 4.24. The van der Waals surface area contributed by atoms with Crippen LogP contribution in [0.25, 0.3) is 0 Å². The third kappa shape index (κ3) is 4.06. The lowest BCUT2D eigenvalue weighted by Gasteiger charge is -2.29. The molecule has 14 heteroatoms. The number of oxime groups is 1. The number of carbonyl (C=O) groups is 1. The molecule has 1 aromatic heterocycles. The molecule has 2 aliphatic heterocycles. The van der Waals surface area contributed by atoms with E-state index in [1.807, 2.05) is 0 Å². The van der Waals surface area contributed by atoms with Crippen molar-refractivity contribution in [1.82, 2.24) is 15.1 Å². The van der Waals surface area contributed by atoms with Gasteiger partial charge in [-0.05, 0) is 24.3 Å². The molecule has 0 aliphatic carbocycles. The lowest BCUT2D eigenvalue weighted by Crippen LogP contribution is -2.53. The molecule has 2 aromatic rings. The van der Waals surface area contributed by atoms with E-state index < -0.39 is 40.0 Å². The van der Waals surface area contributed by atoms with Crippen molar-refractivity contribution in [3.8, 4) is 0 Å². The summed E-state index contributed by atoms with van der Waals surface area (Å²) in [5.74, 6) is -0.935. The Morgan fingerprint density at radius 2 is 1.84 bits per heavy atom. The van der Waals surface area contributed by atoms with Gasteiger partial charge < -0.3 is 10.2 Å².